The van der Waals surface area contributed by atoms with Crippen LogP contribution in [0.2, 0.25) is 5.02 Å². The van der Waals surface area contributed by atoms with Crippen LogP contribution in [0.25, 0.3) is 33.5 Å². The van der Waals surface area contributed by atoms with Gasteiger partial charge in [-0.1, -0.05) is 60.1 Å². The number of anilines is 1. The lowest BCUT2D eigenvalue weighted by molar-refractivity contribution is 0.698. The van der Waals surface area contributed by atoms with Gasteiger partial charge in [0.25, 0.3) is 0 Å². The van der Waals surface area contributed by atoms with Crippen molar-refractivity contribution in [2.45, 2.75) is 12.5 Å². The summed E-state index contributed by atoms with van der Waals surface area (Å²) in [6, 6.07) is 23.5. The predicted molar refractivity (Wildman–Crippen MR) is 138 cm³/mol. The van der Waals surface area contributed by atoms with E-state index >= 15 is 0 Å². The summed E-state index contributed by atoms with van der Waals surface area (Å²) in [5.41, 5.74) is 10.8. The first-order valence-corrected chi connectivity index (χ1v) is 11.4. The highest BCUT2D eigenvalue weighted by Crippen LogP contribution is 2.34. The fourth-order valence-corrected chi connectivity index (χ4v) is 4.11. The highest BCUT2D eigenvalue weighted by Gasteiger charge is 2.16. The molecule has 0 aliphatic rings. The first kappa shape index (κ1) is 21.9. The van der Waals surface area contributed by atoms with Crippen LogP contribution in [0.4, 0.5) is 5.82 Å². The van der Waals surface area contributed by atoms with Crippen molar-refractivity contribution in [2.75, 3.05) is 11.9 Å². The van der Waals surface area contributed by atoms with Crippen LogP contribution >= 0.6 is 11.6 Å². The molecule has 0 aliphatic carbocycles. The zero-order chi connectivity index (χ0) is 23.3. The number of halogens is 1. The molecule has 0 bridgehead atoms. The number of hydrogen-bond donors (Lipinski definition) is 2. The first-order chi connectivity index (χ1) is 16.7. The lowest BCUT2D eigenvalue weighted by Crippen LogP contribution is -2.31. The number of pyridine rings is 2. The quantitative estimate of drug-likeness (QED) is 0.334. The molecule has 7 heteroatoms. The van der Waals surface area contributed by atoms with Gasteiger partial charge >= 0.3 is 0 Å². The zero-order valence-electron chi connectivity index (χ0n) is 18.4. The fourth-order valence-electron chi connectivity index (χ4n) is 3.89. The molecule has 0 aliphatic heterocycles. The van der Waals surface area contributed by atoms with E-state index < -0.39 is 0 Å². The molecule has 2 aromatic carbocycles. The van der Waals surface area contributed by atoms with Crippen molar-refractivity contribution < 1.29 is 0 Å². The monoisotopic (exact) mass is 466 g/mol. The van der Waals surface area contributed by atoms with E-state index in [4.69, 9.17) is 27.3 Å². The standard InChI is InChI=1S/C27H23ClN6/c28-23-9-5-4-8-21(23)24-25-22(12-15-31-24)27(34-26(33-25)19-10-13-30-14-11-19)32-17-20(29)16-18-6-2-1-3-7-18/h1-15,20H,16-17,29H2,(H,32,33,34)/t20-/m1/s1. The van der Waals surface area contributed by atoms with Crippen molar-refractivity contribution in [3.05, 3.63) is 102 Å². The maximum atomic E-state index is 6.51. The van der Waals surface area contributed by atoms with Gasteiger partial charge in [-0.05, 0) is 36.2 Å². The topological polar surface area (TPSA) is 89.6 Å². The first-order valence-electron chi connectivity index (χ1n) is 11.0. The smallest absolute Gasteiger partial charge is 0.162 e. The Morgan fingerprint density at radius 3 is 2.41 bits per heavy atom. The summed E-state index contributed by atoms with van der Waals surface area (Å²) in [6.07, 6.45) is 5.97. The average molecular weight is 467 g/mol. The second-order valence-corrected chi connectivity index (χ2v) is 8.41. The van der Waals surface area contributed by atoms with Crippen LogP contribution in [0.1, 0.15) is 5.56 Å². The van der Waals surface area contributed by atoms with Gasteiger partial charge in [-0.25, -0.2) is 9.97 Å². The molecule has 0 fully saturated rings. The largest absolute Gasteiger partial charge is 0.368 e. The minimum absolute atomic E-state index is 0.0818. The van der Waals surface area contributed by atoms with Crippen molar-refractivity contribution in [3.63, 3.8) is 0 Å². The molecule has 6 nitrogen and oxygen atoms in total. The van der Waals surface area contributed by atoms with Crippen molar-refractivity contribution in [2.24, 2.45) is 5.73 Å². The molecule has 34 heavy (non-hydrogen) atoms. The minimum Gasteiger partial charge on any atom is -0.368 e. The second kappa shape index (κ2) is 9.95. The third-order valence-corrected chi connectivity index (χ3v) is 5.88. The van der Waals surface area contributed by atoms with Crippen molar-refractivity contribution in [3.8, 4) is 22.6 Å². The molecule has 3 heterocycles. The van der Waals surface area contributed by atoms with E-state index in [1.165, 1.54) is 5.56 Å². The molecule has 0 radical (unpaired) electrons. The second-order valence-electron chi connectivity index (χ2n) is 8.00. The van der Waals surface area contributed by atoms with E-state index in [1.54, 1.807) is 18.6 Å². The van der Waals surface area contributed by atoms with E-state index in [-0.39, 0.29) is 6.04 Å². The number of fused-ring (bicyclic) bond motifs is 1. The van der Waals surface area contributed by atoms with Gasteiger partial charge in [-0.2, -0.15) is 0 Å². The van der Waals surface area contributed by atoms with Gasteiger partial charge in [-0.3, -0.25) is 9.97 Å². The lowest BCUT2D eigenvalue weighted by Gasteiger charge is -2.16. The Bertz CT molecular complexity index is 1410. The molecular formula is C27H23ClN6. The van der Waals surface area contributed by atoms with Crippen LogP contribution < -0.4 is 11.1 Å². The SMILES string of the molecule is N[C@@H](CNc1nc(-c2ccncc2)nc2c(-c3ccccc3Cl)nccc12)Cc1ccccc1. The molecule has 3 aromatic heterocycles. The number of rotatable bonds is 7. The summed E-state index contributed by atoms with van der Waals surface area (Å²) in [7, 11) is 0. The Labute approximate surface area is 202 Å². The Hall–Kier alpha value is -3.87. The molecule has 1 atom stereocenters. The third kappa shape index (κ3) is 4.73. The Kier molecular flexibility index (Phi) is 6.42. The highest BCUT2D eigenvalue weighted by molar-refractivity contribution is 6.33. The summed E-state index contributed by atoms with van der Waals surface area (Å²) in [5, 5.41) is 4.93. The number of aromatic nitrogens is 4. The molecule has 0 saturated carbocycles. The van der Waals surface area contributed by atoms with Gasteiger partial charge in [0.2, 0.25) is 0 Å². The molecule has 0 unspecified atom stereocenters. The number of nitrogens with zero attached hydrogens (tertiary/aromatic N) is 4. The van der Waals surface area contributed by atoms with Crippen molar-refractivity contribution in [1.29, 1.82) is 0 Å². The minimum atomic E-state index is -0.0818. The molecule has 3 N–H and O–H groups in total. The van der Waals surface area contributed by atoms with Crippen LogP contribution in [0, 0.1) is 0 Å². The molecule has 5 aromatic rings. The summed E-state index contributed by atoms with van der Waals surface area (Å²) in [6.45, 7) is 0.556. The van der Waals surface area contributed by atoms with E-state index in [1.807, 2.05) is 60.7 Å². The maximum Gasteiger partial charge on any atom is 0.162 e. The Morgan fingerprint density at radius 1 is 0.853 bits per heavy atom. The maximum absolute atomic E-state index is 6.51. The van der Waals surface area contributed by atoms with E-state index in [0.717, 1.165) is 28.5 Å². The van der Waals surface area contributed by atoms with E-state index in [0.29, 0.717) is 28.9 Å². The lowest BCUT2D eigenvalue weighted by atomic mass is 10.1. The van der Waals surface area contributed by atoms with Crippen LogP contribution in [0.5, 0.6) is 0 Å². The van der Waals surface area contributed by atoms with Gasteiger partial charge in [0, 0.05) is 47.7 Å². The highest BCUT2D eigenvalue weighted by atomic mass is 35.5. The van der Waals surface area contributed by atoms with Gasteiger partial charge in [-0.15, -0.1) is 0 Å². The zero-order valence-corrected chi connectivity index (χ0v) is 19.2. The van der Waals surface area contributed by atoms with E-state index in [2.05, 4.69) is 27.4 Å². The summed E-state index contributed by atoms with van der Waals surface area (Å²) >= 11 is 6.51. The Morgan fingerprint density at radius 2 is 1.62 bits per heavy atom. The van der Waals surface area contributed by atoms with E-state index in [9.17, 15) is 0 Å². The third-order valence-electron chi connectivity index (χ3n) is 5.55. The summed E-state index contributed by atoms with van der Waals surface area (Å²) in [5.74, 6) is 1.28. The van der Waals surface area contributed by atoms with Gasteiger partial charge < -0.3 is 11.1 Å². The van der Waals surface area contributed by atoms with Crippen LogP contribution in [-0.2, 0) is 6.42 Å². The Balaban J connectivity index is 1.56. The van der Waals surface area contributed by atoms with Gasteiger partial charge in [0.1, 0.15) is 11.3 Å². The fraction of sp³-hybridized carbons (Fsp3) is 0.111. The van der Waals surface area contributed by atoms with Crippen LogP contribution in [-0.4, -0.2) is 32.5 Å². The van der Waals surface area contributed by atoms with Gasteiger partial charge in [0.15, 0.2) is 5.82 Å². The number of hydrogen-bond acceptors (Lipinski definition) is 6. The molecule has 0 amide bonds. The predicted octanol–water partition coefficient (Wildman–Crippen LogP) is 5.39. The van der Waals surface area contributed by atoms with Crippen molar-refractivity contribution >= 4 is 28.3 Å². The molecule has 0 spiro atoms. The molecule has 0 saturated heterocycles. The number of benzene rings is 2. The normalized spacial score (nSPS) is 11.9. The number of nitrogens with one attached hydrogen (secondary N) is 1. The average Bonchev–Trinajstić information content (AvgIpc) is 2.88. The van der Waals surface area contributed by atoms with Crippen LogP contribution in [0.15, 0.2) is 91.4 Å². The van der Waals surface area contributed by atoms with Crippen LogP contribution in [0.3, 0.4) is 0 Å². The summed E-state index contributed by atoms with van der Waals surface area (Å²) in [4.78, 5) is 18.5. The molecule has 5 rings (SSSR count). The van der Waals surface area contributed by atoms with Crippen molar-refractivity contribution in [1.82, 2.24) is 19.9 Å². The summed E-state index contributed by atoms with van der Waals surface area (Å²) < 4.78 is 0. The molecular weight excluding hydrogens is 444 g/mol. The van der Waals surface area contributed by atoms with Gasteiger partial charge in [0.05, 0.1) is 10.7 Å². The molecule has 168 valence electrons. The number of nitrogens with two attached hydrogens (primary N) is 1.